The van der Waals surface area contributed by atoms with Crippen molar-refractivity contribution < 1.29 is 26.4 Å². The van der Waals surface area contributed by atoms with Gasteiger partial charge < -0.3 is 16.0 Å². The number of H-pyrrole nitrogens is 1. The monoisotopic (exact) mass is 649 g/mol. The molecule has 2 heterocycles. The maximum Gasteiger partial charge on any atom is 0.416 e. The molecule has 1 fully saturated rings. The number of fused-ring (bicyclic) bond motifs is 1. The number of halogens is 5. The molecule has 228 valence electrons. The quantitative estimate of drug-likeness (QED) is 0.323. The highest BCUT2D eigenvalue weighted by Gasteiger charge is 2.37. The van der Waals surface area contributed by atoms with E-state index in [9.17, 15) is 36.0 Å². The number of sulfone groups is 1. The third-order valence-electron chi connectivity index (χ3n) is 7.08. The summed E-state index contributed by atoms with van der Waals surface area (Å²) in [5.74, 6) is -0.523. The first kappa shape index (κ1) is 32.0. The molecule has 42 heavy (non-hydrogen) atoms. The highest BCUT2D eigenvalue weighted by Crippen LogP contribution is 2.39. The van der Waals surface area contributed by atoms with Gasteiger partial charge >= 0.3 is 11.9 Å². The Hall–Kier alpha value is -2.91. The first-order chi connectivity index (χ1) is 19.7. The van der Waals surface area contributed by atoms with Crippen LogP contribution in [-0.2, 0) is 33.9 Å². The predicted octanol–water partition coefficient (Wildman–Crippen LogP) is 2.90. The Kier molecular flexibility index (Phi) is 9.43. The molecule has 4 N–H and O–H groups in total. The van der Waals surface area contributed by atoms with E-state index in [1.165, 1.54) is 25.1 Å². The Morgan fingerprint density at radius 1 is 1.19 bits per heavy atom. The molecule has 1 unspecified atom stereocenters. The summed E-state index contributed by atoms with van der Waals surface area (Å²) in [4.78, 5) is 42.3. The lowest BCUT2D eigenvalue weighted by Gasteiger charge is -2.22. The lowest BCUT2D eigenvalue weighted by molar-refractivity contribution is -0.138. The van der Waals surface area contributed by atoms with E-state index in [4.69, 9.17) is 28.9 Å². The lowest BCUT2D eigenvalue weighted by Crippen LogP contribution is -2.38. The van der Waals surface area contributed by atoms with Crippen LogP contribution in [0.25, 0.3) is 10.9 Å². The fourth-order valence-electron chi connectivity index (χ4n) is 4.99. The van der Waals surface area contributed by atoms with Gasteiger partial charge in [-0.3, -0.25) is 19.1 Å². The molecule has 0 saturated carbocycles. The average Bonchev–Trinajstić information content (AvgIpc) is 3.34. The number of aromatic nitrogens is 2. The zero-order chi connectivity index (χ0) is 31.0. The van der Waals surface area contributed by atoms with Crippen molar-refractivity contribution in [2.45, 2.75) is 50.0 Å². The summed E-state index contributed by atoms with van der Waals surface area (Å²) in [6.07, 6.45) is -4.27. The van der Waals surface area contributed by atoms with Crippen molar-refractivity contribution in [2.75, 3.05) is 25.4 Å². The molecule has 1 saturated heterocycles. The number of aromatic amines is 1. The number of hydrogen-bond acceptors (Lipinski definition) is 7. The third kappa shape index (κ3) is 6.67. The Bertz CT molecular complexity index is 1760. The Balaban J connectivity index is 1.78. The number of carbonyl (C=O) groups excluding carboxylic acids is 1. The summed E-state index contributed by atoms with van der Waals surface area (Å²) in [7, 11) is -3.79. The standard InChI is InChI=1S/C26H28Cl2F3N5O5S/c1-2-42(40,41)20-4-3-15(27)9-14(20)11-36-24(38)17-10-19(26(29,30)31)18(22(28)23(17)34-25(36)39)13-35-8-6-16(12-35)33-21(37)5-7-32/h3-4,9-10,16H,2,5-8,11-13,32H2,1H3,(H,33,37)(H,34,39). The number of benzene rings is 2. The van der Waals surface area contributed by atoms with Crippen LogP contribution >= 0.6 is 23.2 Å². The fraction of sp³-hybridized carbons (Fsp3) is 0.423. The fourth-order valence-corrected chi connectivity index (χ4v) is 6.61. The van der Waals surface area contributed by atoms with Gasteiger partial charge in [-0.2, -0.15) is 13.2 Å². The molecule has 2 aromatic carbocycles. The van der Waals surface area contributed by atoms with Crippen molar-refractivity contribution in [3.05, 3.63) is 71.8 Å². The molecule has 16 heteroatoms. The highest BCUT2D eigenvalue weighted by atomic mass is 35.5. The first-order valence-corrected chi connectivity index (χ1v) is 15.4. The number of likely N-dealkylation sites (tertiary alicyclic amines) is 1. The minimum absolute atomic E-state index is 0.0252. The van der Waals surface area contributed by atoms with Crippen molar-refractivity contribution in [3.63, 3.8) is 0 Å². The second kappa shape index (κ2) is 12.4. The highest BCUT2D eigenvalue weighted by molar-refractivity contribution is 7.91. The van der Waals surface area contributed by atoms with Gasteiger partial charge in [0.1, 0.15) is 0 Å². The maximum absolute atomic E-state index is 14.3. The van der Waals surface area contributed by atoms with E-state index in [-0.39, 0.29) is 70.3 Å². The lowest BCUT2D eigenvalue weighted by atomic mass is 10.0. The number of hydrogen-bond donors (Lipinski definition) is 3. The van der Waals surface area contributed by atoms with Gasteiger partial charge in [0.05, 0.1) is 38.7 Å². The summed E-state index contributed by atoms with van der Waals surface area (Å²) >= 11 is 12.5. The van der Waals surface area contributed by atoms with Crippen molar-refractivity contribution in [1.82, 2.24) is 19.8 Å². The normalized spacial score (nSPS) is 16.3. The van der Waals surface area contributed by atoms with E-state index in [0.29, 0.717) is 23.6 Å². The molecule has 1 aliphatic heterocycles. The second-order valence-electron chi connectivity index (χ2n) is 9.94. The van der Waals surface area contributed by atoms with Crippen LogP contribution in [0.2, 0.25) is 10.0 Å². The van der Waals surface area contributed by atoms with Gasteiger partial charge in [-0.15, -0.1) is 0 Å². The number of nitrogens with zero attached hydrogens (tertiary/aromatic N) is 2. The van der Waals surface area contributed by atoms with Crippen molar-refractivity contribution in [3.8, 4) is 0 Å². The van der Waals surface area contributed by atoms with Gasteiger partial charge in [0.25, 0.3) is 5.56 Å². The number of carbonyl (C=O) groups is 1. The molecular weight excluding hydrogens is 622 g/mol. The maximum atomic E-state index is 14.3. The predicted molar refractivity (Wildman–Crippen MR) is 153 cm³/mol. The number of nitrogens with one attached hydrogen (secondary N) is 2. The smallest absolute Gasteiger partial charge is 0.352 e. The minimum atomic E-state index is -4.90. The molecule has 1 aromatic heterocycles. The molecule has 4 rings (SSSR count). The molecule has 0 radical (unpaired) electrons. The van der Waals surface area contributed by atoms with Gasteiger partial charge in [0.2, 0.25) is 5.91 Å². The van der Waals surface area contributed by atoms with Gasteiger partial charge in [-0.25, -0.2) is 13.2 Å². The minimum Gasteiger partial charge on any atom is -0.352 e. The Morgan fingerprint density at radius 2 is 1.90 bits per heavy atom. The summed E-state index contributed by atoms with van der Waals surface area (Å²) < 4.78 is 68.6. The van der Waals surface area contributed by atoms with Crippen LogP contribution in [0, 0.1) is 0 Å². The Labute approximate surface area is 248 Å². The van der Waals surface area contributed by atoms with Crippen molar-refractivity contribution >= 4 is 49.8 Å². The largest absolute Gasteiger partial charge is 0.416 e. The van der Waals surface area contributed by atoms with Crippen LogP contribution < -0.4 is 22.3 Å². The molecule has 1 atom stereocenters. The SMILES string of the molecule is CCS(=O)(=O)c1ccc(Cl)cc1Cn1c(=O)[nH]c2c(Cl)c(CN3CCC(NC(=O)CCN)C3)c(C(F)(F)F)cc2c1=O. The van der Waals surface area contributed by atoms with Crippen molar-refractivity contribution in [2.24, 2.45) is 5.73 Å². The molecule has 0 bridgehead atoms. The van der Waals surface area contributed by atoms with E-state index in [1.807, 2.05) is 0 Å². The summed E-state index contributed by atoms with van der Waals surface area (Å²) in [6.45, 7) is 1.41. The number of amides is 1. The first-order valence-electron chi connectivity index (χ1n) is 12.9. The average molecular weight is 651 g/mol. The topological polar surface area (TPSA) is 147 Å². The molecular formula is C26H28Cl2F3N5O5S. The summed E-state index contributed by atoms with van der Waals surface area (Å²) in [6, 6.07) is 4.23. The number of alkyl halides is 3. The molecule has 1 aliphatic rings. The van der Waals surface area contributed by atoms with Crippen molar-refractivity contribution in [1.29, 1.82) is 0 Å². The van der Waals surface area contributed by atoms with Crippen LogP contribution in [0.5, 0.6) is 0 Å². The van der Waals surface area contributed by atoms with Crippen LogP contribution in [-0.4, -0.2) is 60.2 Å². The molecule has 0 aliphatic carbocycles. The molecule has 10 nitrogen and oxygen atoms in total. The Morgan fingerprint density at radius 3 is 2.55 bits per heavy atom. The van der Waals surface area contributed by atoms with E-state index >= 15 is 0 Å². The second-order valence-corrected chi connectivity index (χ2v) is 13.0. The van der Waals surface area contributed by atoms with Gasteiger partial charge in [-0.1, -0.05) is 30.1 Å². The van der Waals surface area contributed by atoms with E-state index in [1.54, 1.807) is 4.90 Å². The molecule has 0 spiro atoms. The van der Waals surface area contributed by atoms with Gasteiger partial charge in [-0.05, 0) is 41.8 Å². The number of rotatable bonds is 9. The van der Waals surface area contributed by atoms with E-state index < -0.39 is 49.8 Å². The van der Waals surface area contributed by atoms with Gasteiger partial charge in [0, 0.05) is 43.7 Å². The molecule has 1 amide bonds. The summed E-state index contributed by atoms with van der Waals surface area (Å²) in [5.41, 5.74) is 1.58. The number of nitrogens with two attached hydrogens (primary N) is 1. The molecule has 3 aromatic rings. The van der Waals surface area contributed by atoms with Crippen LogP contribution in [0.3, 0.4) is 0 Å². The zero-order valence-electron chi connectivity index (χ0n) is 22.4. The van der Waals surface area contributed by atoms with Gasteiger partial charge in [0.15, 0.2) is 9.84 Å². The summed E-state index contributed by atoms with van der Waals surface area (Å²) in [5, 5.41) is 2.00. The van der Waals surface area contributed by atoms with Crippen LogP contribution in [0.4, 0.5) is 13.2 Å². The van der Waals surface area contributed by atoms with E-state index in [2.05, 4.69) is 10.3 Å². The van der Waals surface area contributed by atoms with Crippen LogP contribution in [0.15, 0.2) is 38.8 Å². The van der Waals surface area contributed by atoms with Crippen LogP contribution in [0.1, 0.15) is 36.5 Å². The third-order valence-corrected chi connectivity index (χ3v) is 9.56. The van der Waals surface area contributed by atoms with E-state index in [0.717, 1.165) is 0 Å². The zero-order valence-corrected chi connectivity index (χ0v) is 24.7.